The summed E-state index contributed by atoms with van der Waals surface area (Å²) < 4.78 is 11.4. The van der Waals surface area contributed by atoms with Gasteiger partial charge < -0.3 is 14.8 Å². The van der Waals surface area contributed by atoms with E-state index in [1.807, 2.05) is 41.8 Å². The summed E-state index contributed by atoms with van der Waals surface area (Å²) >= 11 is 1.59. The SMILES string of the molecule is O=C(Cc1cccs1)NCC1COc2ccccc2O1. The molecule has 2 aromatic rings. The molecular formula is C15H15NO3S. The Kier molecular flexibility index (Phi) is 3.87. The quantitative estimate of drug-likeness (QED) is 0.939. The molecule has 0 fully saturated rings. The van der Waals surface area contributed by atoms with Gasteiger partial charge in [-0.1, -0.05) is 18.2 Å². The second kappa shape index (κ2) is 5.96. The highest BCUT2D eigenvalue weighted by Gasteiger charge is 2.20. The van der Waals surface area contributed by atoms with Crippen LogP contribution in [0.25, 0.3) is 0 Å². The summed E-state index contributed by atoms with van der Waals surface area (Å²) in [6, 6.07) is 11.5. The van der Waals surface area contributed by atoms with Crippen molar-refractivity contribution in [3.05, 3.63) is 46.7 Å². The highest BCUT2D eigenvalue weighted by atomic mass is 32.1. The lowest BCUT2D eigenvalue weighted by Gasteiger charge is -2.26. The van der Waals surface area contributed by atoms with Gasteiger partial charge in [0, 0.05) is 4.88 Å². The van der Waals surface area contributed by atoms with Crippen molar-refractivity contribution in [2.75, 3.05) is 13.2 Å². The fourth-order valence-electron chi connectivity index (χ4n) is 2.03. The third-order valence-electron chi connectivity index (χ3n) is 3.01. The second-order valence-corrected chi connectivity index (χ2v) is 5.59. The van der Waals surface area contributed by atoms with Gasteiger partial charge in [-0.05, 0) is 23.6 Å². The summed E-state index contributed by atoms with van der Waals surface area (Å²) in [5, 5.41) is 4.85. The molecule has 0 spiro atoms. The smallest absolute Gasteiger partial charge is 0.225 e. The highest BCUT2D eigenvalue weighted by Crippen LogP contribution is 2.30. The Balaban J connectivity index is 1.49. The van der Waals surface area contributed by atoms with E-state index in [0.717, 1.165) is 16.4 Å². The Morgan fingerprint density at radius 1 is 1.25 bits per heavy atom. The van der Waals surface area contributed by atoms with E-state index in [4.69, 9.17) is 9.47 Å². The van der Waals surface area contributed by atoms with Crippen molar-refractivity contribution >= 4 is 17.2 Å². The highest BCUT2D eigenvalue weighted by molar-refractivity contribution is 7.10. The van der Waals surface area contributed by atoms with Crippen LogP contribution in [0, 0.1) is 0 Å². The molecule has 4 nitrogen and oxygen atoms in total. The molecule has 0 saturated carbocycles. The summed E-state index contributed by atoms with van der Waals surface area (Å²) in [6.07, 6.45) is 0.277. The van der Waals surface area contributed by atoms with Crippen LogP contribution in [0.4, 0.5) is 0 Å². The summed E-state index contributed by atoms with van der Waals surface area (Å²) in [5.74, 6) is 1.50. The van der Waals surface area contributed by atoms with E-state index in [2.05, 4.69) is 5.32 Å². The molecule has 1 aromatic carbocycles. The lowest BCUT2D eigenvalue weighted by Crippen LogP contribution is -2.41. The van der Waals surface area contributed by atoms with Crippen LogP contribution in [0.3, 0.4) is 0 Å². The number of benzene rings is 1. The van der Waals surface area contributed by atoms with E-state index in [9.17, 15) is 4.79 Å². The summed E-state index contributed by atoms with van der Waals surface area (Å²) in [6.45, 7) is 0.912. The topological polar surface area (TPSA) is 47.6 Å². The van der Waals surface area contributed by atoms with Crippen LogP contribution >= 0.6 is 11.3 Å². The number of nitrogens with one attached hydrogen (secondary N) is 1. The van der Waals surface area contributed by atoms with Gasteiger partial charge in [0.15, 0.2) is 11.5 Å². The molecule has 1 N–H and O–H groups in total. The number of rotatable bonds is 4. The van der Waals surface area contributed by atoms with E-state index in [1.165, 1.54) is 0 Å². The first-order chi connectivity index (χ1) is 9.81. The Morgan fingerprint density at radius 3 is 2.90 bits per heavy atom. The maximum Gasteiger partial charge on any atom is 0.225 e. The molecule has 20 heavy (non-hydrogen) atoms. The molecule has 1 unspecified atom stereocenters. The standard InChI is InChI=1S/C15H15NO3S/c17-15(8-12-4-3-7-20-12)16-9-11-10-18-13-5-1-2-6-14(13)19-11/h1-7,11H,8-10H2,(H,16,17). The predicted octanol–water partition coefficient (Wildman–Crippen LogP) is 2.25. The fourth-order valence-corrected chi connectivity index (χ4v) is 2.73. The number of fused-ring (bicyclic) bond motifs is 1. The minimum atomic E-state index is -0.141. The average Bonchev–Trinajstić information content (AvgIpc) is 2.98. The van der Waals surface area contributed by atoms with Gasteiger partial charge in [-0.15, -0.1) is 11.3 Å². The van der Waals surface area contributed by atoms with Crippen LogP contribution in [0.15, 0.2) is 41.8 Å². The minimum absolute atomic E-state index is 0.00917. The Hall–Kier alpha value is -2.01. The lowest BCUT2D eigenvalue weighted by molar-refractivity contribution is -0.120. The van der Waals surface area contributed by atoms with Gasteiger partial charge in [-0.25, -0.2) is 0 Å². The normalized spacial score (nSPS) is 16.7. The monoisotopic (exact) mass is 289 g/mol. The molecule has 5 heteroatoms. The number of carbonyl (C=O) groups excluding carboxylic acids is 1. The number of amides is 1. The van der Waals surface area contributed by atoms with E-state index in [0.29, 0.717) is 19.6 Å². The molecular weight excluding hydrogens is 274 g/mol. The predicted molar refractivity (Wildman–Crippen MR) is 77.4 cm³/mol. The number of hydrogen-bond acceptors (Lipinski definition) is 4. The zero-order valence-corrected chi connectivity index (χ0v) is 11.7. The van der Waals surface area contributed by atoms with Crippen LogP contribution < -0.4 is 14.8 Å². The average molecular weight is 289 g/mol. The maximum absolute atomic E-state index is 11.8. The van der Waals surface area contributed by atoms with E-state index < -0.39 is 0 Å². The zero-order valence-electron chi connectivity index (χ0n) is 10.9. The molecule has 0 bridgehead atoms. The molecule has 1 atom stereocenters. The number of carbonyl (C=O) groups is 1. The summed E-state index contributed by atoms with van der Waals surface area (Å²) in [7, 11) is 0. The largest absolute Gasteiger partial charge is 0.486 e. The second-order valence-electron chi connectivity index (χ2n) is 4.56. The van der Waals surface area contributed by atoms with Crippen molar-refractivity contribution in [1.82, 2.24) is 5.32 Å². The summed E-state index contributed by atoms with van der Waals surface area (Å²) in [4.78, 5) is 12.9. The van der Waals surface area contributed by atoms with E-state index >= 15 is 0 Å². The van der Waals surface area contributed by atoms with Crippen LogP contribution in [0.2, 0.25) is 0 Å². The maximum atomic E-state index is 11.8. The first-order valence-corrected chi connectivity index (χ1v) is 7.37. The first-order valence-electron chi connectivity index (χ1n) is 6.49. The molecule has 1 aliphatic rings. The van der Waals surface area contributed by atoms with Crippen molar-refractivity contribution in [2.45, 2.75) is 12.5 Å². The van der Waals surface area contributed by atoms with Gasteiger partial charge in [-0.2, -0.15) is 0 Å². The third-order valence-corrected chi connectivity index (χ3v) is 3.89. The van der Waals surface area contributed by atoms with Crippen LogP contribution in [0.5, 0.6) is 11.5 Å². The van der Waals surface area contributed by atoms with Crippen molar-refractivity contribution < 1.29 is 14.3 Å². The van der Waals surface area contributed by atoms with Crippen molar-refractivity contribution in [2.24, 2.45) is 0 Å². The minimum Gasteiger partial charge on any atom is -0.486 e. The lowest BCUT2D eigenvalue weighted by atomic mass is 10.2. The number of hydrogen-bond donors (Lipinski definition) is 1. The van der Waals surface area contributed by atoms with Gasteiger partial charge in [0.1, 0.15) is 12.7 Å². The molecule has 104 valence electrons. The first kappa shape index (κ1) is 13.0. The van der Waals surface area contributed by atoms with Gasteiger partial charge in [0.25, 0.3) is 0 Å². The van der Waals surface area contributed by atoms with Crippen molar-refractivity contribution in [3.63, 3.8) is 0 Å². The molecule has 0 aliphatic carbocycles. The number of para-hydroxylation sites is 2. The van der Waals surface area contributed by atoms with Gasteiger partial charge >= 0.3 is 0 Å². The molecule has 0 saturated heterocycles. The van der Waals surface area contributed by atoms with E-state index in [-0.39, 0.29) is 12.0 Å². The van der Waals surface area contributed by atoms with Crippen LogP contribution in [-0.4, -0.2) is 25.2 Å². The Morgan fingerprint density at radius 2 is 2.10 bits per heavy atom. The van der Waals surface area contributed by atoms with Crippen LogP contribution in [0.1, 0.15) is 4.88 Å². The van der Waals surface area contributed by atoms with Crippen molar-refractivity contribution in [1.29, 1.82) is 0 Å². The summed E-state index contributed by atoms with van der Waals surface area (Å²) in [5.41, 5.74) is 0. The molecule has 0 radical (unpaired) electrons. The zero-order chi connectivity index (χ0) is 13.8. The Bertz CT molecular complexity index is 583. The number of ether oxygens (including phenoxy) is 2. The van der Waals surface area contributed by atoms with Crippen LogP contribution in [-0.2, 0) is 11.2 Å². The van der Waals surface area contributed by atoms with Gasteiger partial charge in [0.05, 0.1) is 13.0 Å². The molecule has 1 aliphatic heterocycles. The van der Waals surface area contributed by atoms with E-state index in [1.54, 1.807) is 11.3 Å². The molecule has 1 aromatic heterocycles. The molecule has 3 rings (SSSR count). The molecule has 1 amide bonds. The van der Waals surface area contributed by atoms with Crippen molar-refractivity contribution in [3.8, 4) is 11.5 Å². The van der Waals surface area contributed by atoms with Gasteiger partial charge in [-0.3, -0.25) is 4.79 Å². The molecule has 2 heterocycles. The fraction of sp³-hybridized carbons (Fsp3) is 0.267. The third kappa shape index (κ3) is 3.11. The Labute approximate surface area is 121 Å². The number of thiophene rings is 1. The van der Waals surface area contributed by atoms with Gasteiger partial charge in [0.2, 0.25) is 5.91 Å².